The molecule has 4 rings (SSSR count). The van der Waals surface area contributed by atoms with Gasteiger partial charge in [0.15, 0.2) is 6.61 Å². The Morgan fingerprint density at radius 3 is 2.50 bits per heavy atom. The number of pyridine rings is 1. The van der Waals surface area contributed by atoms with Gasteiger partial charge in [-0.2, -0.15) is 0 Å². The molecule has 2 aliphatic rings. The van der Waals surface area contributed by atoms with Gasteiger partial charge < -0.3 is 24.2 Å². The summed E-state index contributed by atoms with van der Waals surface area (Å²) in [4.78, 5) is 17.8. The number of rotatable bonds is 13. The van der Waals surface area contributed by atoms with Gasteiger partial charge in [-0.1, -0.05) is 13.8 Å². The zero-order chi connectivity index (χ0) is 27.3. The average molecular weight is 533 g/mol. The number of hydrogen-bond acceptors (Lipinski definition) is 6. The predicted octanol–water partition coefficient (Wildman–Crippen LogP) is 6.02. The molecule has 208 valence electrons. The first kappa shape index (κ1) is 27.9. The van der Waals surface area contributed by atoms with Crippen molar-refractivity contribution in [3.05, 3.63) is 42.1 Å². The molecule has 2 aromatic rings. The molecule has 9 heteroatoms. The van der Waals surface area contributed by atoms with E-state index in [2.05, 4.69) is 9.88 Å². The highest BCUT2D eigenvalue weighted by Crippen LogP contribution is 2.45. The summed E-state index contributed by atoms with van der Waals surface area (Å²) in [5.74, 6) is -2.18. The van der Waals surface area contributed by atoms with Crippen molar-refractivity contribution in [2.75, 3.05) is 38.3 Å². The second-order valence-electron chi connectivity index (χ2n) is 10.7. The van der Waals surface area contributed by atoms with E-state index in [4.69, 9.17) is 14.2 Å². The number of hydrogen-bond donors (Lipinski definition) is 1. The largest absolute Gasteiger partial charge is 0.497 e. The topological polar surface area (TPSA) is 81.1 Å². The van der Waals surface area contributed by atoms with E-state index in [9.17, 15) is 18.7 Å². The number of ether oxygens (including phenoxy) is 3. The summed E-state index contributed by atoms with van der Waals surface area (Å²) in [6.07, 6.45) is 5.67. The number of piperidine rings is 1. The van der Waals surface area contributed by atoms with Gasteiger partial charge >= 0.3 is 5.97 Å². The van der Waals surface area contributed by atoms with Gasteiger partial charge in [0.25, 0.3) is 5.92 Å². The molecule has 1 aliphatic carbocycles. The van der Waals surface area contributed by atoms with Crippen molar-refractivity contribution in [2.45, 2.75) is 57.8 Å². The maximum Gasteiger partial charge on any atom is 0.303 e. The average Bonchev–Trinajstić information content (AvgIpc) is 3.75. The fourth-order valence-electron chi connectivity index (χ4n) is 4.86. The standard InChI is InChI=1S/C29H38F2N2O5/c1-19(2)29(30,31)18-38-26-7-6-23(36-3)15-25(26)33-12-9-20(10-13-33)17-37-27-14-22(8-11-32-27)24(16-28(34)35)21-4-5-21/h6-8,11,14-15,19-21,24H,4-5,9-10,12-13,16-18H2,1-3H3,(H,34,35). The fraction of sp³-hybridized carbons (Fsp3) is 0.586. The Kier molecular flexibility index (Phi) is 8.95. The van der Waals surface area contributed by atoms with Crippen LogP contribution in [0, 0.1) is 17.8 Å². The molecule has 1 aromatic carbocycles. The first-order valence-corrected chi connectivity index (χ1v) is 13.4. The second-order valence-corrected chi connectivity index (χ2v) is 10.7. The molecular weight excluding hydrogens is 494 g/mol. The molecule has 7 nitrogen and oxygen atoms in total. The van der Waals surface area contributed by atoms with E-state index in [1.807, 2.05) is 18.2 Å². The van der Waals surface area contributed by atoms with Crippen molar-refractivity contribution in [1.29, 1.82) is 0 Å². The number of nitrogens with zero attached hydrogens (tertiary/aromatic N) is 2. The Labute approximate surface area is 223 Å². The van der Waals surface area contributed by atoms with Crippen LogP contribution in [-0.2, 0) is 4.79 Å². The summed E-state index contributed by atoms with van der Waals surface area (Å²) in [6.45, 7) is 4.27. The quantitative estimate of drug-likeness (QED) is 0.338. The van der Waals surface area contributed by atoms with E-state index in [1.54, 1.807) is 25.4 Å². The van der Waals surface area contributed by atoms with Gasteiger partial charge in [-0.3, -0.25) is 4.79 Å². The fourth-order valence-corrected chi connectivity index (χ4v) is 4.86. The minimum atomic E-state index is -2.92. The number of anilines is 1. The molecule has 1 aromatic heterocycles. The SMILES string of the molecule is COc1ccc(OCC(F)(F)C(C)C)c(N2CCC(COc3cc(C(CC(=O)O)C4CC4)ccn3)CC2)c1. The molecule has 1 saturated carbocycles. The summed E-state index contributed by atoms with van der Waals surface area (Å²) in [5, 5.41) is 9.30. The molecule has 2 fully saturated rings. The Morgan fingerprint density at radius 2 is 1.87 bits per heavy atom. The van der Waals surface area contributed by atoms with Crippen molar-refractivity contribution in [2.24, 2.45) is 17.8 Å². The predicted molar refractivity (Wildman–Crippen MR) is 141 cm³/mol. The van der Waals surface area contributed by atoms with E-state index in [0.717, 1.165) is 50.0 Å². The minimum absolute atomic E-state index is 0.000792. The molecule has 38 heavy (non-hydrogen) atoms. The zero-order valence-corrected chi connectivity index (χ0v) is 22.4. The number of methoxy groups -OCH3 is 1. The van der Waals surface area contributed by atoms with E-state index in [-0.39, 0.29) is 12.3 Å². The van der Waals surface area contributed by atoms with Gasteiger partial charge in [0, 0.05) is 37.3 Å². The summed E-state index contributed by atoms with van der Waals surface area (Å²) < 4.78 is 45.4. The number of aliphatic carboxylic acids is 1. The van der Waals surface area contributed by atoms with E-state index in [1.165, 1.54) is 13.8 Å². The molecule has 1 atom stereocenters. The number of carboxylic acids is 1. The van der Waals surface area contributed by atoms with Crippen LogP contribution in [0.25, 0.3) is 0 Å². The van der Waals surface area contributed by atoms with Gasteiger partial charge in [0.2, 0.25) is 5.88 Å². The van der Waals surface area contributed by atoms with Crippen molar-refractivity contribution >= 4 is 11.7 Å². The Bertz CT molecular complexity index is 1080. The number of aromatic nitrogens is 1. The molecule has 1 unspecified atom stereocenters. The van der Waals surface area contributed by atoms with Crippen LogP contribution in [-0.4, -0.2) is 55.4 Å². The van der Waals surface area contributed by atoms with Crippen molar-refractivity contribution < 1.29 is 32.9 Å². The van der Waals surface area contributed by atoms with E-state index < -0.39 is 24.4 Å². The minimum Gasteiger partial charge on any atom is -0.497 e. The van der Waals surface area contributed by atoms with Gasteiger partial charge in [-0.25, -0.2) is 13.8 Å². The van der Waals surface area contributed by atoms with Crippen LogP contribution >= 0.6 is 0 Å². The van der Waals surface area contributed by atoms with Crippen LogP contribution in [0.4, 0.5) is 14.5 Å². The van der Waals surface area contributed by atoms with Crippen LogP contribution in [0.3, 0.4) is 0 Å². The lowest BCUT2D eigenvalue weighted by Gasteiger charge is -2.34. The lowest BCUT2D eigenvalue weighted by molar-refractivity contribution is -0.137. The summed E-state index contributed by atoms with van der Waals surface area (Å²) in [5.41, 5.74) is 1.73. The normalized spacial score (nSPS) is 17.4. The molecule has 0 amide bonds. The number of benzene rings is 1. The summed E-state index contributed by atoms with van der Waals surface area (Å²) >= 11 is 0. The van der Waals surface area contributed by atoms with Crippen LogP contribution in [0.5, 0.6) is 17.4 Å². The number of carbonyl (C=O) groups is 1. The third-order valence-electron chi connectivity index (χ3n) is 7.63. The molecule has 1 saturated heterocycles. The first-order valence-electron chi connectivity index (χ1n) is 13.4. The lowest BCUT2D eigenvalue weighted by Crippen LogP contribution is -2.36. The van der Waals surface area contributed by atoms with Gasteiger partial charge in [0.1, 0.15) is 11.5 Å². The monoisotopic (exact) mass is 532 g/mol. The van der Waals surface area contributed by atoms with E-state index >= 15 is 0 Å². The van der Waals surface area contributed by atoms with Gasteiger partial charge in [0.05, 0.1) is 25.8 Å². The number of alkyl halides is 2. The highest BCUT2D eigenvalue weighted by atomic mass is 19.3. The van der Waals surface area contributed by atoms with Crippen molar-refractivity contribution in [1.82, 2.24) is 4.98 Å². The molecule has 0 radical (unpaired) electrons. The van der Waals surface area contributed by atoms with Crippen molar-refractivity contribution in [3.63, 3.8) is 0 Å². The highest BCUT2D eigenvalue weighted by Gasteiger charge is 2.35. The second kappa shape index (κ2) is 12.2. The molecule has 0 spiro atoms. The summed E-state index contributed by atoms with van der Waals surface area (Å²) in [6, 6.07) is 9.02. The van der Waals surface area contributed by atoms with E-state index in [0.29, 0.717) is 35.8 Å². The molecule has 0 bridgehead atoms. The molecule has 1 N–H and O–H groups in total. The number of carboxylic acid groups (broad SMARTS) is 1. The van der Waals surface area contributed by atoms with Gasteiger partial charge in [-0.05, 0) is 67.2 Å². The summed E-state index contributed by atoms with van der Waals surface area (Å²) in [7, 11) is 1.58. The first-order chi connectivity index (χ1) is 18.2. The van der Waals surface area contributed by atoms with Crippen LogP contribution in [0.15, 0.2) is 36.5 Å². The molecular formula is C29H38F2N2O5. The van der Waals surface area contributed by atoms with Crippen LogP contribution in [0.2, 0.25) is 0 Å². The molecule has 1 aliphatic heterocycles. The third kappa shape index (κ3) is 7.26. The maximum atomic E-state index is 14.2. The zero-order valence-electron chi connectivity index (χ0n) is 22.4. The number of halogens is 2. The highest BCUT2D eigenvalue weighted by molar-refractivity contribution is 5.68. The van der Waals surface area contributed by atoms with Crippen molar-refractivity contribution in [3.8, 4) is 17.4 Å². The Hall–Kier alpha value is -3.10. The van der Waals surface area contributed by atoms with Crippen LogP contribution < -0.4 is 19.1 Å². The van der Waals surface area contributed by atoms with Crippen LogP contribution in [0.1, 0.15) is 57.4 Å². The molecule has 2 heterocycles. The third-order valence-corrected chi connectivity index (χ3v) is 7.63. The Balaban J connectivity index is 1.34. The maximum absolute atomic E-state index is 14.2. The van der Waals surface area contributed by atoms with Gasteiger partial charge in [-0.15, -0.1) is 0 Å². The Morgan fingerprint density at radius 1 is 1.13 bits per heavy atom. The lowest BCUT2D eigenvalue weighted by atomic mass is 9.92. The smallest absolute Gasteiger partial charge is 0.303 e.